The van der Waals surface area contributed by atoms with Crippen molar-refractivity contribution in [2.75, 3.05) is 0 Å². The maximum atomic E-state index is 10.8. The van der Waals surface area contributed by atoms with E-state index in [1.807, 2.05) is 26.8 Å². The molecule has 2 nitrogen and oxygen atoms in total. The van der Waals surface area contributed by atoms with Crippen LogP contribution < -0.4 is 0 Å². The molecule has 0 amide bonds. The lowest BCUT2D eigenvalue weighted by molar-refractivity contribution is 0.0832. The smallest absolute Gasteiger partial charge is 0.118 e. The summed E-state index contributed by atoms with van der Waals surface area (Å²) >= 11 is 0. The Bertz CT molecular complexity index is 884. The molecule has 30 heavy (non-hydrogen) atoms. The Hall–Kier alpha value is -2.06. The van der Waals surface area contributed by atoms with E-state index in [9.17, 15) is 10.2 Å². The van der Waals surface area contributed by atoms with Gasteiger partial charge in [0.15, 0.2) is 0 Å². The Labute approximate surface area is 183 Å². The number of phenolic OH excluding ortho intramolecular Hbond substituents is 1. The summed E-state index contributed by atoms with van der Waals surface area (Å²) in [6, 6.07) is 12.8. The van der Waals surface area contributed by atoms with Crippen LogP contribution in [0.3, 0.4) is 0 Å². The van der Waals surface area contributed by atoms with Gasteiger partial charge in [-0.3, -0.25) is 0 Å². The van der Waals surface area contributed by atoms with Crippen molar-refractivity contribution in [3.63, 3.8) is 0 Å². The van der Waals surface area contributed by atoms with E-state index in [1.165, 1.54) is 27.8 Å². The zero-order valence-electron chi connectivity index (χ0n) is 20.0. The van der Waals surface area contributed by atoms with Crippen molar-refractivity contribution in [1.29, 1.82) is 0 Å². The van der Waals surface area contributed by atoms with Gasteiger partial charge >= 0.3 is 0 Å². The first-order chi connectivity index (χ1) is 14.2. The van der Waals surface area contributed by atoms with Crippen LogP contribution in [0.1, 0.15) is 94.5 Å². The topological polar surface area (TPSA) is 40.5 Å². The standard InChI is InChI=1S/C28H40O2/c1-8-22(19-27(30,9-2)10-3)25-15-13-23(17-20(25)6)28(11-4,12-5)24-14-16-26(29)21(7)18-24/h13-19,29-30H,8-12H2,1-7H3/b22-19+. The van der Waals surface area contributed by atoms with Crippen LogP contribution in [0, 0.1) is 13.8 Å². The van der Waals surface area contributed by atoms with Gasteiger partial charge in [0.2, 0.25) is 0 Å². The lowest BCUT2D eigenvalue weighted by Gasteiger charge is -2.34. The third-order valence-corrected chi connectivity index (χ3v) is 7.13. The van der Waals surface area contributed by atoms with E-state index in [1.54, 1.807) is 0 Å². The molecule has 0 heterocycles. The molecule has 2 rings (SSSR count). The quantitative estimate of drug-likeness (QED) is 0.452. The minimum absolute atomic E-state index is 0.0780. The fraction of sp³-hybridized carbons (Fsp3) is 0.500. The molecule has 2 aromatic rings. The Morgan fingerprint density at radius 1 is 0.800 bits per heavy atom. The second-order valence-corrected chi connectivity index (χ2v) is 8.65. The monoisotopic (exact) mass is 408 g/mol. The molecule has 0 unspecified atom stereocenters. The van der Waals surface area contributed by atoms with Crippen molar-refractivity contribution in [2.45, 2.75) is 91.6 Å². The number of aryl methyl sites for hydroxylation is 2. The number of aliphatic hydroxyl groups is 1. The molecule has 0 bridgehead atoms. The summed E-state index contributed by atoms with van der Waals surface area (Å²) in [7, 11) is 0. The van der Waals surface area contributed by atoms with Crippen LogP contribution in [0.2, 0.25) is 0 Å². The number of benzene rings is 2. The number of hydrogen-bond acceptors (Lipinski definition) is 2. The predicted molar refractivity (Wildman–Crippen MR) is 129 cm³/mol. The largest absolute Gasteiger partial charge is 0.508 e. The fourth-order valence-corrected chi connectivity index (χ4v) is 4.66. The van der Waals surface area contributed by atoms with Crippen molar-refractivity contribution in [2.24, 2.45) is 0 Å². The summed E-state index contributed by atoms with van der Waals surface area (Å²) in [6.45, 7) is 14.9. The highest BCUT2D eigenvalue weighted by Gasteiger charge is 2.31. The van der Waals surface area contributed by atoms with Crippen molar-refractivity contribution in [3.8, 4) is 5.75 Å². The molecule has 0 spiro atoms. The van der Waals surface area contributed by atoms with Crippen molar-refractivity contribution in [1.82, 2.24) is 0 Å². The second-order valence-electron chi connectivity index (χ2n) is 8.65. The van der Waals surface area contributed by atoms with E-state index in [0.717, 1.165) is 37.7 Å². The van der Waals surface area contributed by atoms with Crippen LogP contribution in [-0.2, 0) is 5.41 Å². The zero-order chi connectivity index (χ0) is 22.5. The van der Waals surface area contributed by atoms with E-state index < -0.39 is 5.60 Å². The highest BCUT2D eigenvalue weighted by atomic mass is 16.3. The molecule has 0 atom stereocenters. The Kier molecular flexibility index (Phi) is 7.93. The molecule has 0 saturated heterocycles. The van der Waals surface area contributed by atoms with Gasteiger partial charge < -0.3 is 10.2 Å². The fourth-order valence-electron chi connectivity index (χ4n) is 4.66. The van der Waals surface area contributed by atoms with E-state index in [4.69, 9.17) is 0 Å². The zero-order valence-corrected chi connectivity index (χ0v) is 20.0. The predicted octanol–water partition coefficient (Wildman–Crippen LogP) is 7.46. The second kappa shape index (κ2) is 9.83. The number of allylic oxidation sites excluding steroid dienone is 1. The number of hydrogen-bond donors (Lipinski definition) is 2. The summed E-state index contributed by atoms with van der Waals surface area (Å²) in [5.74, 6) is 0.350. The van der Waals surface area contributed by atoms with Crippen LogP contribution in [-0.4, -0.2) is 15.8 Å². The van der Waals surface area contributed by atoms with E-state index in [-0.39, 0.29) is 5.41 Å². The molecule has 0 aromatic heterocycles. The van der Waals surface area contributed by atoms with Gasteiger partial charge in [0, 0.05) is 5.41 Å². The highest BCUT2D eigenvalue weighted by Crippen LogP contribution is 2.41. The molecule has 2 heteroatoms. The van der Waals surface area contributed by atoms with Crippen LogP contribution in [0.25, 0.3) is 5.57 Å². The van der Waals surface area contributed by atoms with Gasteiger partial charge in [0.05, 0.1) is 5.60 Å². The van der Waals surface area contributed by atoms with Gasteiger partial charge in [-0.15, -0.1) is 0 Å². The van der Waals surface area contributed by atoms with Crippen molar-refractivity contribution in [3.05, 3.63) is 70.3 Å². The summed E-state index contributed by atoms with van der Waals surface area (Å²) in [4.78, 5) is 0. The summed E-state index contributed by atoms with van der Waals surface area (Å²) in [6.07, 6.45) is 6.40. The maximum absolute atomic E-state index is 10.8. The average molecular weight is 409 g/mol. The molecule has 164 valence electrons. The minimum Gasteiger partial charge on any atom is -0.508 e. The Morgan fingerprint density at radius 2 is 1.33 bits per heavy atom. The number of phenols is 1. The highest BCUT2D eigenvalue weighted by molar-refractivity contribution is 5.69. The first kappa shape index (κ1) is 24.2. The summed E-state index contributed by atoms with van der Waals surface area (Å²) in [5.41, 5.74) is 6.36. The molecule has 0 aliphatic rings. The van der Waals surface area contributed by atoms with Crippen molar-refractivity contribution < 1.29 is 10.2 Å². The average Bonchev–Trinajstić information content (AvgIpc) is 2.76. The van der Waals surface area contributed by atoms with E-state index in [0.29, 0.717) is 5.75 Å². The summed E-state index contributed by atoms with van der Waals surface area (Å²) in [5, 5.41) is 20.8. The van der Waals surface area contributed by atoms with Crippen LogP contribution in [0.15, 0.2) is 42.5 Å². The molecule has 2 N–H and O–H groups in total. The molecule has 0 saturated carbocycles. The van der Waals surface area contributed by atoms with Gasteiger partial charge in [-0.25, -0.2) is 0 Å². The molecule has 0 fully saturated rings. The van der Waals surface area contributed by atoms with Crippen molar-refractivity contribution >= 4 is 5.57 Å². The third-order valence-electron chi connectivity index (χ3n) is 7.13. The normalized spacial score (nSPS) is 13.0. The van der Waals surface area contributed by atoms with E-state index >= 15 is 0 Å². The minimum atomic E-state index is -0.739. The van der Waals surface area contributed by atoms with Gasteiger partial charge in [-0.2, -0.15) is 0 Å². The molecular formula is C28H40O2. The van der Waals surface area contributed by atoms with Gasteiger partial charge in [0.1, 0.15) is 5.75 Å². The SMILES string of the molecule is CC/C(=C\C(O)(CC)CC)c1ccc(C(CC)(CC)c2ccc(O)c(C)c2)cc1C. The Morgan fingerprint density at radius 3 is 1.77 bits per heavy atom. The lowest BCUT2D eigenvalue weighted by Crippen LogP contribution is -2.26. The van der Waals surface area contributed by atoms with Crippen LogP contribution in [0.5, 0.6) is 5.75 Å². The van der Waals surface area contributed by atoms with E-state index in [2.05, 4.69) is 64.1 Å². The number of aromatic hydroxyl groups is 1. The molecular weight excluding hydrogens is 368 g/mol. The van der Waals surface area contributed by atoms with Crippen LogP contribution >= 0.6 is 0 Å². The molecule has 0 aliphatic carbocycles. The summed E-state index contributed by atoms with van der Waals surface area (Å²) < 4.78 is 0. The van der Waals surface area contributed by atoms with Gasteiger partial charge in [0.25, 0.3) is 0 Å². The Balaban J connectivity index is 2.59. The number of rotatable bonds is 9. The molecule has 0 radical (unpaired) electrons. The molecule has 0 aliphatic heterocycles. The van der Waals surface area contributed by atoms with Crippen LogP contribution in [0.4, 0.5) is 0 Å². The maximum Gasteiger partial charge on any atom is 0.118 e. The molecule has 2 aromatic carbocycles. The van der Waals surface area contributed by atoms with Gasteiger partial charge in [-0.05, 0) is 91.5 Å². The lowest BCUT2D eigenvalue weighted by atomic mass is 9.69. The van der Waals surface area contributed by atoms with Gasteiger partial charge in [-0.1, -0.05) is 65.0 Å². The first-order valence-electron chi connectivity index (χ1n) is 11.6. The third kappa shape index (κ3) is 4.64. The first-order valence-corrected chi connectivity index (χ1v) is 11.6.